The Balaban J connectivity index is 1.54. The first-order valence-corrected chi connectivity index (χ1v) is 11.5. The summed E-state index contributed by atoms with van der Waals surface area (Å²) in [6.45, 7) is 0.287. The third kappa shape index (κ3) is 4.14. The number of hydrogen-bond acceptors (Lipinski definition) is 5. The lowest BCUT2D eigenvalue weighted by atomic mass is 9.77. The van der Waals surface area contributed by atoms with Gasteiger partial charge in [0.2, 0.25) is 11.8 Å². The SMILES string of the molecule is O=C(NCCO)C1=C[C@@H](N(Cc2ccccc2)C(=O)C2CC2)[C@H](O)[C@H]2Oc3ccccc3[C@@H]12. The number of aliphatic hydroxyl groups excluding tert-OH is 2. The Bertz CT molecular complexity index is 1070. The summed E-state index contributed by atoms with van der Waals surface area (Å²) >= 11 is 0. The van der Waals surface area contributed by atoms with E-state index in [2.05, 4.69) is 5.32 Å². The molecule has 33 heavy (non-hydrogen) atoms. The van der Waals surface area contributed by atoms with Crippen LogP contribution in [0.1, 0.15) is 29.9 Å². The maximum Gasteiger partial charge on any atom is 0.247 e. The van der Waals surface area contributed by atoms with Crippen molar-refractivity contribution >= 4 is 11.8 Å². The molecule has 1 saturated carbocycles. The summed E-state index contributed by atoms with van der Waals surface area (Å²) in [5.74, 6) is -0.185. The standard InChI is InChI=1S/C26H28N2O5/c29-13-12-27-25(31)19-14-20(23(30)24-22(19)18-8-4-5-9-21(18)33-24)28(26(32)17-10-11-17)15-16-6-2-1-3-7-16/h1-9,14,17,20,22-24,29-30H,10-13,15H2,(H,27,31)/t20-,22+,23+,24+/m1/s1. The highest BCUT2D eigenvalue weighted by molar-refractivity contribution is 5.96. The van der Waals surface area contributed by atoms with E-state index in [1.807, 2.05) is 54.6 Å². The topological polar surface area (TPSA) is 99.1 Å². The minimum Gasteiger partial charge on any atom is -0.486 e. The molecule has 7 heteroatoms. The van der Waals surface area contributed by atoms with Crippen molar-refractivity contribution in [3.63, 3.8) is 0 Å². The average molecular weight is 449 g/mol. The van der Waals surface area contributed by atoms with Gasteiger partial charge in [0.1, 0.15) is 18.0 Å². The van der Waals surface area contributed by atoms with Gasteiger partial charge in [-0.15, -0.1) is 0 Å². The van der Waals surface area contributed by atoms with Gasteiger partial charge in [0.25, 0.3) is 0 Å². The van der Waals surface area contributed by atoms with Crippen LogP contribution >= 0.6 is 0 Å². The van der Waals surface area contributed by atoms with Crippen LogP contribution in [0, 0.1) is 5.92 Å². The first-order valence-electron chi connectivity index (χ1n) is 11.5. The molecular weight excluding hydrogens is 420 g/mol. The zero-order valence-electron chi connectivity index (χ0n) is 18.3. The second kappa shape index (κ2) is 9.00. The zero-order chi connectivity index (χ0) is 22.9. The summed E-state index contributed by atoms with van der Waals surface area (Å²) in [6, 6.07) is 16.4. The number of hydrogen-bond donors (Lipinski definition) is 3. The molecule has 2 amide bonds. The predicted molar refractivity (Wildman–Crippen MR) is 121 cm³/mol. The van der Waals surface area contributed by atoms with Crippen molar-refractivity contribution in [2.24, 2.45) is 5.92 Å². The number of para-hydroxylation sites is 1. The number of carbonyl (C=O) groups is 2. The van der Waals surface area contributed by atoms with E-state index in [-0.39, 0.29) is 30.9 Å². The molecule has 4 atom stereocenters. The van der Waals surface area contributed by atoms with Crippen molar-refractivity contribution in [1.82, 2.24) is 10.2 Å². The maximum atomic E-state index is 13.3. The molecule has 1 heterocycles. The van der Waals surface area contributed by atoms with Crippen LogP contribution in [0.25, 0.3) is 0 Å². The Morgan fingerprint density at radius 2 is 1.79 bits per heavy atom. The highest BCUT2D eigenvalue weighted by Gasteiger charge is 2.51. The van der Waals surface area contributed by atoms with E-state index in [1.54, 1.807) is 11.0 Å². The number of ether oxygens (including phenoxy) is 1. The molecule has 5 rings (SSSR count). The number of benzene rings is 2. The minimum absolute atomic E-state index is 0.0109. The number of nitrogens with one attached hydrogen (secondary N) is 1. The molecule has 2 aromatic carbocycles. The Kier molecular flexibility index (Phi) is 5.91. The number of amides is 2. The number of rotatable bonds is 7. The lowest BCUT2D eigenvalue weighted by Crippen LogP contribution is -2.55. The molecule has 0 radical (unpaired) electrons. The van der Waals surface area contributed by atoms with Crippen molar-refractivity contribution in [2.45, 2.75) is 43.6 Å². The van der Waals surface area contributed by atoms with Crippen molar-refractivity contribution in [3.05, 3.63) is 77.4 Å². The molecule has 0 bridgehead atoms. The fourth-order valence-electron chi connectivity index (χ4n) is 4.87. The first kappa shape index (κ1) is 21.7. The van der Waals surface area contributed by atoms with E-state index < -0.39 is 24.2 Å². The Morgan fingerprint density at radius 3 is 2.52 bits per heavy atom. The monoisotopic (exact) mass is 448 g/mol. The predicted octanol–water partition coefficient (Wildman–Crippen LogP) is 1.75. The Hall–Kier alpha value is -3.16. The molecule has 172 valence electrons. The summed E-state index contributed by atoms with van der Waals surface area (Å²) in [4.78, 5) is 28.1. The number of aliphatic hydroxyl groups is 2. The first-order chi connectivity index (χ1) is 16.1. The molecule has 0 saturated heterocycles. The minimum atomic E-state index is -0.997. The zero-order valence-corrected chi connectivity index (χ0v) is 18.3. The summed E-state index contributed by atoms with van der Waals surface area (Å²) in [5, 5.41) is 23.4. The molecule has 0 unspecified atom stereocenters. The van der Waals surface area contributed by atoms with Gasteiger partial charge in [0.15, 0.2) is 0 Å². The second-order valence-electron chi connectivity index (χ2n) is 8.91. The molecule has 3 aliphatic rings. The Morgan fingerprint density at radius 1 is 1.06 bits per heavy atom. The normalized spacial score (nSPS) is 25.3. The number of nitrogens with zero attached hydrogens (tertiary/aromatic N) is 1. The molecule has 0 aromatic heterocycles. The van der Waals surface area contributed by atoms with Crippen LogP contribution in [0.3, 0.4) is 0 Å². The number of carbonyl (C=O) groups excluding carboxylic acids is 2. The van der Waals surface area contributed by atoms with Crippen LogP contribution in [0.2, 0.25) is 0 Å². The molecule has 1 fully saturated rings. The largest absolute Gasteiger partial charge is 0.486 e. The lowest BCUT2D eigenvalue weighted by Gasteiger charge is -2.41. The third-order valence-corrected chi connectivity index (χ3v) is 6.64. The summed E-state index contributed by atoms with van der Waals surface area (Å²) in [5.41, 5.74) is 2.25. The van der Waals surface area contributed by atoms with Gasteiger partial charge in [-0.05, 0) is 30.5 Å². The second-order valence-corrected chi connectivity index (χ2v) is 8.91. The summed E-state index contributed by atoms with van der Waals surface area (Å²) < 4.78 is 6.14. The number of fused-ring (bicyclic) bond motifs is 3. The molecule has 1 aliphatic heterocycles. The van der Waals surface area contributed by atoms with Crippen LogP contribution < -0.4 is 10.1 Å². The van der Waals surface area contributed by atoms with E-state index in [1.165, 1.54) is 0 Å². The van der Waals surface area contributed by atoms with E-state index in [4.69, 9.17) is 4.74 Å². The van der Waals surface area contributed by atoms with E-state index >= 15 is 0 Å². The van der Waals surface area contributed by atoms with Crippen LogP contribution in [-0.4, -0.2) is 58.3 Å². The average Bonchev–Trinajstić information content (AvgIpc) is 3.62. The van der Waals surface area contributed by atoms with Gasteiger partial charge >= 0.3 is 0 Å². The third-order valence-electron chi connectivity index (χ3n) is 6.64. The Labute approximate surface area is 192 Å². The quantitative estimate of drug-likeness (QED) is 0.599. The van der Waals surface area contributed by atoms with Gasteiger partial charge in [0, 0.05) is 30.1 Å². The molecule has 2 aromatic rings. The highest BCUT2D eigenvalue weighted by Crippen LogP contribution is 2.47. The molecule has 2 aliphatic carbocycles. The van der Waals surface area contributed by atoms with Crippen molar-refractivity contribution in [2.75, 3.05) is 13.2 Å². The van der Waals surface area contributed by atoms with E-state index in [0.717, 1.165) is 24.0 Å². The highest BCUT2D eigenvalue weighted by atomic mass is 16.5. The van der Waals surface area contributed by atoms with Gasteiger partial charge < -0.3 is 25.2 Å². The molecule has 0 spiro atoms. The van der Waals surface area contributed by atoms with Gasteiger partial charge in [-0.2, -0.15) is 0 Å². The van der Waals surface area contributed by atoms with Gasteiger partial charge in [-0.25, -0.2) is 0 Å². The smallest absolute Gasteiger partial charge is 0.247 e. The van der Waals surface area contributed by atoms with Crippen LogP contribution in [-0.2, 0) is 16.1 Å². The van der Waals surface area contributed by atoms with Gasteiger partial charge in [-0.3, -0.25) is 9.59 Å². The van der Waals surface area contributed by atoms with Crippen LogP contribution in [0.15, 0.2) is 66.2 Å². The van der Waals surface area contributed by atoms with Gasteiger partial charge in [-0.1, -0.05) is 48.5 Å². The summed E-state index contributed by atoms with van der Waals surface area (Å²) in [7, 11) is 0. The molecular formula is C26H28N2O5. The van der Waals surface area contributed by atoms with Crippen molar-refractivity contribution in [3.8, 4) is 5.75 Å². The lowest BCUT2D eigenvalue weighted by molar-refractivity contribution is -0.139. The van der Waals surface area contributed by atoms with Gasteiger partial charge in [0.05, 0.1) is 18.6 Å². The van der Waals surface area contributed by atoms with Crippen LogP contribution in [0.4, 0.5) is 0 Å². The molecule has 7 nitrogen and oxygen atoms in total. The van der Waals surface area contributed by atoms with Crippen molar-refractivity contribution in [1.29, 1.82) is 0 Å². The van der Waals surface area contributed by atoms with E-state index in [0.29, 0.717) is 17.9 Å². The fraction of sp³-hybridized carbons (Fsp3) is 0.385. The fourth-order valence-corrected chi connectivity index (χ4v) is 4.87. The maximum absolute atomic E-state index is 13.3. The van der Waals surface area contributed by atoms with Crippen LogP contribution in [0.5, 0.6) is 5.75 Å². The summed E-state index contributed by atoms with van der Waals surface area (Å²) in [6.07, 6.45) is 1.73. The van der Waals surface area contributed by atoms with E-state index in [9.17, 15) is 19.8 Å². The van der Waals surface area contributed by atoms with Crippen molar-refractivity contribution < 1.29 is 24.5 Å². The molecule has 3 N–H and O–H groups in total.